The van der Waals surface area contributed by atoms with Crippen LogP contribution >= 0.6 is 9.39 Å². The van der Waals surface area contributed by atoms with Gasteiger partial charge in [0.1, 0.15) is 0 Å². The molecular formula is C8H15NOPY-. The molecular weight excluding hydrogens is 246 g/mol. The van der Waals surface area contributed by atoms with E-state index < -0.39 is 5.54 Å². The predicted molar refractivity (Wildman–Crippen MR) is 50.9 cm³/mol. The smallest absolute Gasteiger partial charge is 0 e. The van der Waals surface area contributed by atoms with Crippen molar-refractivity contribution in [2.24, 2.45) is 5.92 Å². The molecule has 0 bridgehead atoms. The molecule has 1 radical (unpaired) electrons. The van der Waals surface area contributed by atoms with Gasteiger partial charge in [-0.25, -0.2) is 6.29 Å². The van der Waals surface area contributed by atoms with Gasteiger partial charge in [-0.1, -0.05) is 34.9 Å². The topological polar surface area (TPSA) is 29.1 Å². The van der Waals surface area contributed by atoms with Gasteiger partial charge in [0.05, 0.1) is 0 Å². The first kappa shape index (κ1) is 15.4. The number of hydrogen-bond acceptors (Lipinski definition) is 2. The fourth-order valence-corrected chi connectivity index (χ4v) is 1.10. The van der Waals surface area contributed by atoms with E-state index in [1.807, 2.05) is 26.2 Å². The minimum absolute atomic E-state index is 0. The van der Waals surface area contributed by atoms with Crippen molar-refractivity contribution in [3.05, 3.63) is 12.7 Å². The molecule has 67 valence electrons. The van der Waals surface area contributed by atoms with E-state index in [1.165, 1.54) is 0 Å². The SMILES string of the molecule is C=CCC(C)C(C)([C-]=O)NP.[Y]. The Kier molecular flexibility index (Phi) is 9.38. The maximum atomic E-state index is 10.5. The van der Waals surface area contributed by atoms with E-state index in [1.54, 1.807) is 0 Å². The van der Waals surface area contributed by atoms with Crippen molar-refractivity contribution in [2.75, 3.05) is 0 Å². The number of nitrogens with one attached hydrogen (secondary N) is 1. The van der Waals surface area contributed by atoms with Gasteiger partial charge in [-0.15, -0.1) is 6.58 Å². The third kappa shape index (κ3) is 4.23. The number of carbonyl (C=O) groups excluding carboxylic acids is 1. The molecule has 1 N–H and O–H groups in total. The van der Waals surface area contributed by atoms with Gasteiger partial charge >= 0.3 is 0 Å². The summed E-state index contributed by atoms with van der Waals surface area (Å²) in [6.45, 7) is 7.43. The van der Waals surface area contributed by atoms with Gasteiger partial charge in [0.25, 0.3) is 0 Å². The fourth-order valence-electron chi connectivity index (χ4n) is 0.758. The molecule has 0 aromatic rings. The van der Waals surface area contributed by atoms with Crippen molar-refractivity contribution in [1.29, 1.82) is 0 Å². The third-order valence-electron chi connectivity index (χ3n) is 2.02. The second-order valence-corrected chi connectivity index (χ2v) is 3.16. The van der Waals surface area contributed by atoms with Crippen LogP contribution in [-0.2, 0) is 37.5 Å². The fraction of sp³-hybridized carbons (Fsp3) is 0.625. The second kappa shape index (κ2) is 7.32. The van der Waals surface area contributed by atoms with Crippen molar-refractivity contribution in [2.45, 2.75) is 25.8 Å². The Labute approximate surface area is 102 Å². The zero-order chi connectivity index (χ0) is 8.91. The summed E-state index contributed by atoms with van der Waals surface area (Å²) in [5.41, 5.74) is -0.571. The van der Waals surface area contributed by atoms with E-state index in [2.05, 4.69) is 21.1 Å². The van der Waals surface area contributed by atoms with E-state index in [0.717, 1.165) is 6.42 Å². The normalized spacial score (nSPS) is 16.9. The molecule has 4 heteroatoms. The number of hydrogen-bond donors (Lipinski definition) is 1. The Bertz CT molecular complexity index is 154. The first-order valence-electron chi connectivity index (χ1n) is 3.58. The van der Waals surface area contributed by atoms with Gasteiger partial charge in [-0.05, 0) is 12.3 Å². The summed E-state index contributed by atoms with van der Waals surface area (Å²) in [7, 11) is 2.34. The van der Waals surface area contributed by atoms with E-state index >= 15 is 0 Å². The van der Waals surface area contributed by atoms with Crippen LogP contribution < -0.4 is 5.09 Å². The summed E-state index contributed by atoms with van der Waals surface area (Å²) in [6, 6.07) is 0. The van der Waals surface area contributed by atoms with Crippen molar-refractivity contribution in [3.63, 3.8) is 0 Å². The Hall–Kier alpha value is 0.904. The van der Waals surface area contributed by atoms with Crippen LogP contribution in [0.5, 0.6) is 0 Å². The van der Waals surface area contributed by atoms with Crippen LogP contribution in [-0.4, -0.2) is 11.8 Å². The first-order valence-corrected chi connectivity index (χ1v) is 4.16. The molecule has 2 nitrogen and oxygen atoms in total. The maximum absolute atomic E-state index is 10.5. The van der Waals surface area contributed by atoms with Crippen LogP contribution in [0, 0.1) is 5.92 Å². The summed E-state index contributed by atoms with van der Waals surface area (Å²) in [5, 5.41) is 2.86. The second-order valence-electron chi connectivity index (χ2n) is 2.87. The number of allylic oxidation sites excluding steroid dienone is 1. The molecule has 0 amide bonds. The molecule has 3 atom stereocenters. The molecule has 0 saturated heterocycles. The van der Waals surface area contributed by atoms with Gasteiger partial charge in [-0.3, -0.25) is 0 Å². The molecule has 0 aliphatic carbocycles. The zero-order valence-corrected chi connectivity index (χ0v) is 11.6. The van der Waals surface area contributed by atoms with Gasteiger partial charge in [0, 0.05) is 32.7 Å². The van der Waals surface area contributed by atoms with Crippen LogP contribution in [0.1, 0.15) is 20.3 Å². The molecule has 12 heavy (non-hydrogen) atoms. The molecule has 0 spiro atoms. The van der Waals surface area contributed by atoms with E-state index in [0.29, 0.717) is 0 Å². The van der Waals surface area contributed by atoms with E-state index in [-0.39, 0.29) is 38.6 Å². The van der Waals surface area contributed by atoms with Crippen LogP contribution in [0.4, 0.5) is 0 Å². The van der Waals surface area contributed by atoms with Crippen LogP contribution in [0.3, 0.4) is 0 Å². The Morgan fingerprint density at radius 1 is 1.83 bits per heavy atom. The van der Waals surface area contributed by atoms with Gasteiger partial charge < -0.3 is 9.88 Å². The summed E-state index contributed by atoms with van der Waals surface area (Å²) in [5.74, 6) is 0.218. The Morgan fingerprint density at radius 3 is 2.58 bits per heavy atom. The Morgan fingerprint density at radius 2 is 2.33 bits per heavy atom. The molecule has 0 fully saturated rings. The van der Waals surface area contributed by atoms with Gasteiger partial charge in [-0.2, -0.15) is 0 Å². The van der Waals surface area contributed by atoms with Gasteiger partial charge in [0.15, 0.2) is 0 Å². The summed E-state index contributed by atoms with van der Waals surface area (Å²) < 4.78 is 0. The quantitative estimate of drug-likeness (QED) is 0.461. The third-order valence-corrected chi connectivity index (χ3v) is 2.62. The van der Waals surface area contributed by atoms with Crippen molar-refractivity contribution >= 4 is 15.7 Å². The molecule has 0 aromatic heterocycles. The summed E-state index contributed by atoms with van der Waals surface area (Å²) in [6.07, 6.45) is 4.60. The zero-order valence-electron chi connectivity index (χ0n) is 7.63. The molecule has 0 aliphatic heterocycles. The minimum atomic E-state index is -0.571. The maximum Gasteiger partial charge on any atom is 0 e. The summed E-state index contributed by atoms with van der Waals surface area (Å²) >= 11 is 0. The number of rotatable bonds is 5. The van der Waals surface area contributed by atoms with Crippen LogP contribution in [0.15, 0.2) is 12.7 Å². The molecule has 0 aromatic carbocycles. The monoisotopic (exact) mass is 261 g/mol. The van der Waals surface area contributed by atoms with Crippen LogP contribution in [0.25, 0.3) is 0 Å². The van der Waals surface area contributed by atoms with Crippen molar-refractivity contribution < 1.29 is 37.5 Å². The molecule has 3 unspecified atom stereocenters. The first-order chi connectivity index (χ1) is 5.10. The van der Waals surface area contributed by atoms with Crippen LogP contribution in [0.2, 0.25) is 0 Å². The Balaban J connectivity index is 0. The summed E-state index contributed by atoms with van der Waals surface area (Å²) in [4.78, 5) is 10.5. The largest absolute Gasteiger partial charge is 0.540 e. The van der Waals surface area contributed by atoms with Crippen molar-refractivity contribution in [1.82, 2.24) is 5.09 Å². The predicted octanol–water partition coefficient (Wildman–Crippen LogP) is 1.44. The molecule has 0 rings (SSSR count). The van der Waals surface area contributed by atoms with E-state index in [4.69, 9.17) is 0 Å². The average molecular weight is 261 g/mol. The van der Waals surface area contributed by atoms with Crippen molar-refractivity contribution in [3.8, 4) is 0 Å². The molecule has 0 aliphatic rings. The standard InChI is InChI=1S/C8H15NOP.Y/c1-4-5-7(2)8(3,6-10)9-11;/h4,7,9H,1,5,11H2,2-3H3;/q-1;. The van der Waals surface area contributed by atoms with Gasteiger partial charge in [0.2, 0.25) is 0 Å². The average Bonchev–Trinajstić information content (AvgIpc) is 2.03. The molecule has 0 heterocycles. The minimum Gasteiger partial charge on any atom is -0.540 e. The molecule has 0 saturated carbocycles. The van der Waals surface area contributed by atoms with E-state index in [9.17, 15) is 4.79 Å².